The third kappa shape index (κ3) is 20.2. The van der Waals surface area contributed by atoms with E-state index in [2.05, 4.69) is 19.5 Å². The van der Waals surface area contributed by atoms with Crippen molar-refractivity contribution >= 4 is 24.0 Å². The Balaban J connectivity index is -0.000000218. The summed E-state index contributed by atoms with van der Waals surface area (Å²) in [7, 11) is 2.57. The van der Waals surface area contributed by atoms with Gasteiger partial charge < -0.3 is 42.4 Å². The monoisotopic (exact) mass is 293 g/mol. The van der Waals surface area contributed by atoms with Crippen LogP contribution in [0.25, 0.3) is 11.5 Å². The van der Waals surface area contributed by atoms with Crippen molar-refractivity contribution < 1.29 is 26.5 Å². The molecule has 0 saturated heterocycles. The van der Waals surface area contributed by atoms with Crippen LogP contribution in [0.1, 0.15) is 0 Å². The molecule has 1 radical (unpaired) electrons. The third-order valence-electron chi connectivity index (χ3n) is 0.831. The molecule has 8 N–H and O–H groups in total. The zero-order valence-electron chi connectivity index (χ0n) is 9.17. The fourth-order valence-corrected chi connectivity index (χ4v) is 0.310. The van der Waals surface area contributed by atoms with E-state index in [0.717, 1.165) is 0 Å². The van der Waals surface area contributed by atoms with E-state index in [1.165, 1.54) is 14.2 Å². The molecule has 0 unspecified atom stereocenters. The van der Waals surface area contributed by atoms with Crippen LogP contribution in [-0.4, -0.2) is 38.2 Å². The number of guanidine groups is 2. The number of aliphatic imine (C=N–C) groups is 2. The second-order valence-corrected chi connectivity index (χ2v) is 2.01. The van der Waals surface area contributed by atoms with Crippen molar-refractivity contribution in [1.82, 2.24) is 0 Å². The van der Waals surface area contributed by atoms with Crippen LogP contribution in [0.3, 0.4) is 0 Å². The normalized spacial score (nSPS) is 10.2. The third-order valence-corrected chi connectivity index (χ3v) is 0.831. The Kier molecular flexibility index (Phi) is 14.5. The van der Waals surface area contributed by atoms with Gasteiger partial charge in [-0.15, -0.1) is 0 Å². The molecule has 0 atom stereocenters. The van der Waals surface area contributed by atoms with Crippen LogP contribution in [0, 0.1) is 10.8 Å². The quantitative estimate of drug-likeness (QED) is 0.275. The van der Waals surface area contributed by atoms with Crippen molar-refractivity contribution in [1.29, 1.82) is 10.8 Å². The summed E-state index contributed by atoms with van der Waals surface area (Å²) in [5.41, 5.74) is 22.8. The number of hydrogen-bond acceptors (Lipinski definition) is 4. The van der Waals surface area contributed by atoms with E-state index >= 15 is 0 Å². The van der Waals surface area contributed by atoms with Crippen LogP contribution < -0.4 is 11.5 Å². The van der Waals surface area contributed by atoms with Gasteiger partial charge in [0.1, 0.15) is 11.9 Å². The molecule has 0 aromatic carbocycles. The van der Waals surface area contributed by atoms with Gasteiger partial charge in [0.2, 0.25) is 0 Å². The molecular weight excluding hydrogens is 280 g/mol. The predicted molar refractivity (Wildman–Crippen MR) is 61.4 cm³/mol. The standard InChI is InChI=1S/2C3H7N4O.Cu/c2*1-8-3(6)7-2(4)5;/h2*1H3,(H4-,4,5,6,7);/q2*-1;+2. The molecule has 0 aromatic rings. The Morgan fingerprint density at radius 1 is 0.941 bits per heavy atom. The van der Waals surface area contributed by atoms with Gasteiger partial charge in [0.15, 0.2) is 0 Å². The van der Waals surface area contributed by atoms with Gasteiger partial charge in [-0.05, 0) is 0 Å². The maximum atomic E-state index is 6.66. The summed E-state index contributed by atoms with van der Waals surface area (Å²) in [5.74, 6) is -0.839. The van der Waals surface area contributed by atoms with E-state index in [-0.39, 0.29) is 29.1 Å². The SMILES string of the molecule is CO/C([NH-])=N/C(=N)N.CO/C([NH-])=N/C(=N)N.[Cu+2]. The Bertz CT molecular complexity index is 272. The maximum Gasteiger partial charge on any atom is 2.00 e. The average Bonchev–Trinajstić information content (AvgIpc) is 2.16. The molecule has 17 heavy (non-hydrogen) atoms. The molecule has 0 rings (SSSR count). The molecule has 0 amide bonds. The molecule has 0 spiro atoms. The van der Waals surface area contributed by atoms with Crippen LogP contribution in [0.2, 0.25) is 0 Å². The molecule has 101 valence electrons. The summed E-state index contributed by atoms with van der Waals surface area (Å²) in [6, 6.07) is -0.699. The topological polar surface area (TPSA) is 191 Å². The van der Waals surface area contributed by atoms with Gasteiger partial charge in [-0.25, -0.2) is 0 Å². The number of methoxy groups -OCH3 is 2. The minimum Gasteiger partial charge on any atom is -0.505 e. The van der Waals surface area contributed by atoms with Crippen LogP contribution >= 0.6 is 0 Å². The first-order valence-corrected chi connectivity index (χ1v) is 3.70. The van der Waals surface area contributed by atoms with Crippen LogP contribution in [0.5, 0.6) is 0 Å². The van der Waals surface area contributed by atoms with Crippen molar-refractivity contribution in [3.05, 3.63) is 11.5 Å². The zero-order chi connectivity index (χ0) is 13.1. The minimum atomic E-state index is -0.420. The van der Waals surface area contributed by atoms with Gasteiger partial charge in [0, 0.05) is 0 Å². The van der Waals surface area contributed by atoms with E-state index in [0.29, 0.717) is 0 Å². The van der Waals surface area contributed by atoms with Crippen LogP contribution in [0.4, 0.5) is 0 Å². The smallest absolute Gasteiger partial charge is 0.505 e. The van der Waals surface area contributed by atoms with Crippen LogP contribution in [-0.2, 0) is 26.5 Å². The molecule has 0 aliphatic carbocycles. The summed E-state index contributed by atoms with van der Waals surface area (Å²) in [5, 5.41) is 13.0. The van der Waals surface area contributed by atoms with Crippen molar-refractivity contribution in [2.75, 3.05) is 14.2 Å². The summed E-state index contributed by atoms with van der Waals surface area (Å²) in [6.45, 7) is 0. The number of amidine groups is 2. The van der Waals surface area contributed by atoms with E-state index in [1.54, 1.807) is 0 Å². The van der Waals surface area contributed by atoms with E-state index in [9.17, 15) is 0 Å². The van der Waals surface area contributed by atoms with Gasteiger partial charge in [-0.1, -0.05) is 0 Å². The largest absolute Gasteiger partial charge is 2.00 e. The van der Waals surface area contributed by atoms with Crippen LogP contribution in [0.15, 0.2) is 9.98 Å². The number of ether oxygens (including phenoxy) is 2. The Morgan fingerprint density at radius 2 is 1.18 bits per heavy atom. The number of hydrogen-bond donors (Lipinski definition) is 4. The fraction of sp³-hybridized carbons (Fsp3) is 0.333. The second-order valence-electron chi connectivity index (χ2n) is 2.01. The molecule has 10 nitrogen and oxygen atoms in total. The molecule has 0 heterocycles. The van der Waals surface area contributed by atoms with Crippen molar-refractivity contribution in [2.45, 2.75) is 0 Å². The first kappa shape index (κ1) is 20.4. The Labute approximate surface area is 109 Å². The number of nitrogens with two attached hydrogens (primary N) is 2. The van der Waals surface area contributed by atoms with Gasteiger partial charge in [-0.3, -0.25) is 10.8 Å². The first-order valence-electron chi connectivity index (χ1n) is 3.70. The van der Waals surface area contributed by atoms with E-state index in [1.807, 2.05) is 0 Å². The summed E-state index contributed by atoms with van der Waals surface area (Å²) in [4.78, 5) is 6.24. The second kappa shape index (κ2) is 12.1. The predicted octanol–water partition coefficient (Wildman–Crippen LogP) is -0.134. The summed E-state index contributed by atoms with van der Waals surface area (Å²) in [6.07, 6.45) is 0. The maximum absolute atomic E-state index is 6.66. The van der Waals surface area contributed by atoms with Gasteiger partial charge in [-0.2, -0.15) is 0 Å². The molecule has 0 saturated carbocycles. The molecular formula is C6H14CuN8O2. The molecule has 0 bridgehead atoms. The van der Waals surface area contributed by atoms with Gasteiger partial charge in [0.25, 0.3) is 0 Å². The molecule has 0 aliphatic rings. The first-order chi connectivity index (χ1) is 7.33. The summed E-state index contributed by atoms with van der Waals surface area (Å²) < 4.78 is 8.51. The van der Waals surface area contributed by atoms with Crippen molar-refractivity contribution in [3.8, 4) is 0 Å². The van der Waals surface area contributed by atoms with Crippen molar-refractivity contribution in [3.63, 3.8) is 0 Å². The molecule has 0 aliphatic heterocycles. The average molecular weight is 294 g/mol. The molecule has 0 aromatic heterocycles. The fourth-order valence-electron chi connectivity index (χ4n) is 0.310. The van der Waals surface area contributed by atoms with Crippen molar-refractivity contribution in [2.24, 2.45) is 21.5 Å². The Hall–Kier alpha value is -2.00. The molecule has 11 heteroatoms. The van der Waals surface area contributed by atoms with Gasteiger partial charge in [0.05, 0.1) is 26.3 Å². The minimum absolute atomic E-state index is 0. The number of rotatable bonds is 0. The molecule has 0 fully saturated rings. The number of nitrogens with zero attached hydrogens (tertiary/aromatic N) is 2. The van der Waals surface area contributed by atoms with E-state index in [4.69, 9.17) is 33.8 Å². The van der Waals surface area contributed by atoms with Gasteiger partial charge >= 0.3 is 17.1 Å². The Morgan fingerprint density at radius 3 is 1.24 bits per heavy atom. The zero-order valence-corrected chi connectivity index (χ0v) is 10.1. The summed E-state index contributed by atoms with van der Waals surface area (Å²) >= 11 is 0. The van der Waals surface area contributed by atoms with E-state index < -0.39 is 11.9 Å². The number of nitrogens with one attached hydrogen (secondary N) is 4.